The highest BCUT2D eigenvalue weighted by molar-refractivity contribution is 5.98. The van der Waals surface area contributed by atoms with Crippen LogP contribution in [0.25, 0.3) is 0 Å². The van der Waals surface area contributed by atoms with Crippen molar-refractivity contribution in [2.24, 2.45) is 17.3 Å². The van der Waals surface area contributed by atoms with Crippen LogP contribution < -0.4 is 9.47 Å². The van der Waals surface area contributed by atoms with Crippen LogP contribution in [-0.2, 0) is 32.1 Å². The van der Waals surface area contributed by atoms with Crippen molar-refractivity contribution in [3.63, 3.8) is 0 Å². The van der Waals surface area contributed by atoms with Crippen LogP contribution in [0.3, 0.4) is 0 Å². The first-order valence-electron chi connectivity index (χ1n) is 12.3. The largest absolute Gasteiger partial charge is 0.495 e. The number of methoxy groups -OCH3 is 1. The van der Waals surface area contributed by atoms with Crippen LogP contribution in [0.2, 0.25) is 0 Å². The summed E-state index contributed by atoms with van der Waals surface area (Å²) >= 11 is 0. The Hall–Kier alpha value is -2.81. The third-order valence-corrected chi connectivity index (χ3v) is 8.55. The van der Waals surface area contributed by atoms with Crippen LogP contribution in [0.5, 0.6) is 11.5 Å². The van der Waals surface area contributed by atoms with Crippen molar-refractivity contribution in [1.29, 1.82) is 0 Å². The van der Waals surface area contributed by atoms with Crippen LogP contribution in [0.15, 0.2) is 0 Å². The molecule has 0 amide bonds. The van der Waals surface area contributed by atoms with Crippen LogP contribution in [-0.4, -0.2) is 52.5 Å². The van der Waals surface area contributed by atoms with Crippen molar-refractivity contribution >= 4 is 17.9 Å². The first-order valence-corrected chi connectivity index (χ1v) is 12.3. The van der Waals surface area contributed by atoms with Gasteiger partial charge in [0.15, 0.2) is 0 Å². The lowest BCUT2D eigenvalue weighted by molar-refractivity contribution is -0.223. The van der Waals surface area contributed by atoms with Crippen LogP contribution in [0.4, 0.5) is 0 Å². The second kappa shape index (κ2) is 8.64. The molecule has 198 valence electrons. The minimum absolute atomic E-state index is 0.123. The van der Waals surface area contributed by atoms with Crippen molar-refractivity contribution in [3.05, 3.63) is 22.3 Å². The number of aliphatic carboxylic acids is 1. The Bertz CT molecular complexity index is 1120. The summed E-state index contributed by atoms with van der Waals surface area (Å²) in [7, 11) is 1.51. The fourth-order valence-electron chi connectivity index (χ4n) is 7.39. The van der Waals surface area contributed by atoms with Crippen molar-refractivity contribution in [1.82, 2.24) is 0 Å². The summed E-state index contributed by atoms with van der Waals surface area (Å²) in [5.41, 5.74) is -0.259. The highest BCUT2D eigenvalue weighted by Gasteiger charge is 2.64. The van der Waals surface area contributed by atoms with Crippen molar-refractivity contribution < 1.29 is 43.5 Å². The van der Waals surface area contributed by atoms with Gasteiger partial charge in [0.2, 0.25) is 0 Å². The number of carbonyl (C=O) groups is 3. The SMILES string of the molecule is COc1c2c(c(C)c3c1C(=O)OC3)O[C@]1(C)C[C@@H](OC(C)=O)[C@H](C(C)(C)O)[C@@](C)(CCC(=O)O)[C@@H]1C2. The van der Waals surface area contributed by atoms with Gasteiger partial charge < -0.3 is 29.2 Å². The Balaban J connectivity index is 1.93. The van der Waals surface area contributed by atoms with Gasteiger partial charge >= 0.3 is 17.9 Å². The van der Waals surface area contributed by atoms with E-state index in [-0.39, 0.29) is 25.4 Å². The molecule has 2 N–H and O–H groups in total. The molecule has 1 aromatic rings. The molecule has 1 aromatic carbocycles. The summed E-state index contributed by atoms with van der Waals surface area (Å²) in [6.45, 7) is 10.6. The number of hydrogen-bond donors (Lipinski definition) is 2. The number of hydrogen-bond acceptors (Lipinski definition) is 8. The zero-order valence-electron chi connectivity index (χ0n) is 22.0. The second-order valence-electron chi connectivity index (χ2n) is 11.4. The zero-order chi connectivity index (χ0) is 26.8. The molecule has 2 heterocycles. The molecule has 3 aliphatic rings. The fraction of sp³-hybridized carbons (Fsp3) is 0.667. The Kier molecular flexibility index (Phi) is 6.30. The first kappa shape index (κ1) is 26.3. The monoisotopic (exact) mass is 504 g/mol. The third-order valence-electron chi connectivity index (χ3n) is 8.55. The Morgan fingerprint density at radius 3 is 2.44 bits per heavy atom. The summed E-state index contributed by atoms with van der Waals surface area (Å²) < 4.78 is 23.6. The minimum Gasteiger partial charge on any atom is -0.495 e. The maximum Gasteiger partial charge on any atom is 0.342 e. The van der Waals surface area contributed by atoms with E-state index in [0.717, 1.165) is 16.7 Å². The molecule has 1 aliphatic carbocycles. The van der Waals surface area contributed by atoms with E-state index in [9.17, 15) is 24.6 Å². The van der Waals surface area contributed by atoms with E-state index < -0.39 is 46.5 Å². The molecule has 36 heavy (non-hydrogen) atoms. The number of benzene rings is 1. The number of carboxylic acid groups (broad SMARTS) is 1. The molecular formula is C27H36O9. The molecule has 0 bridgehead atoms. The van der Waals surface area contributed by atoms with Gasteiger partial charge in [-0.1, -0.05) is 6.92 Å². The number of rotatable bonds is 6. The minimum atomic E-state index is -1.28. The molecule has 0 aromatic heterocycles. The number of carbonyl (C=O) groups excluding carboxylic acids is 2. The predicted molar refractivity (Wildman–Crippen MR) is 128 cm³/mol. The smallest absolute Gasteiger partial charge is 0.342 e. The Morgan fingerprint density at radius 1 is 1.22 bits per heavy atom. The molecule has 4 rings (SSSR count). The van der Waals surface area contributed by atoms with Gasteiger partial charge in [-0.2, -0.15) is 0 Å². The molecule has 9 nitrogen and oxygen atoms in total. The fourth-order valence-corrected chi connectivity index (χ4v) is 7.39. The molecule has 0 saturated heterocycles. The van der Waals surface area contributed by atoms with Crippen LogP contribution in [0.1, 0.15) is 80.9 Å². The Morgan fingerprint density at radius 2 is 1.89 bits per heavy atom. The van der Waals surface area contributed by atoms with Crippen molar-refractivity contribution in [3.8, 4) is 11.5 Å². The number of ether oxygens (including phenoxy) is 4. The standard InChI is InChI=1S/C27H36O9/c1-13-16-12-34-24(31)20(16)22(33-7)15-10-18-26(5,9-8-19(29)30)23(25(3,4)32)17(35-14(2)28)11-27(18,6)36-21(13)15/h17-18,23,32H,8-12H2,1-7H3,(H,29,30)/t17-,18+,23-,26+,27-/m1/s1. The first-order chi connectivity index (χ1) is 16.6. The molecule has 0 radical (unpaired) electrons. The summed E-state index contributed by atoms with van der Waals surface area (Å²) in [5.74, 6) is -1.67. The number of esters is 2. The molecule has 9 heteroatoms. The highest BCUT2D eigenvalue weighted by Crippen LogP contribution is 2.62. The molecule has 5 atom stereocenters. The van der Waals surface area contributed by atoms with E-state index in [2.05, 4.69) is 0 Å². The lowest BCUT2D eigenvalue weighted by atomic mass is 9.48. The second-order valence-corrected chi connectivity index (χ2v) is 11.4. The van der Waals surface area contributed by atoms with Crippen LogP contribution in [0, 0.1) is 24.2 Å². The molecule has 2 aliphatic heterocycles. The maximum atomic E-state index is 12.6. The van der Waals surface area contributed by atoms with Gasteiger partial charge in [-0.25, -0.2) is 4.79 Å². The normalized spacial score (nSPS) is 30.9. The lowest BCUT2D eigenvalue weighted by Gasteiger charge is -2.62. The number of aliphatic hydroxyl groups is 1. The summed E-state index contributed by atoms with van der Waals surface area (Å²) in [6.07, 6.45) is 0.184. The van der Waals surface area contributed by atoms with Crippen molar-refractivity contribution in [2.45, 2.75) is 91.1 Å². The van der Waals surface area contributed by atoms with Gasteiger partial charge in [0, 0.05) is 42.7 Å². The summed E-state index contributed by atoms with van der Waals surface area (Å²) in [4.78, 5) is 36.4. The molecule has 1 saturated carbocycles. The topological polar surface area (TPSA) is 129 Å². The highest BCUT2D eigenvalue weighted by atomic mass is 16.6. The van der Waals surface area contributed by atoms with Gasteiger partial charge in [-0.15, -0.1) is 0 Å². The number of fused-ring (bicyclic) bond motifs is 3. The molecular weight excluding hydrogens is 468 g/mol. The van der Waals surface area contributed by atoms with Gasteiger partial charge in [0.1, 0.15) is 35.4 Å². The Labute approximate surface area is 211 Å². The van der Waals surface area contributed by atoms with Gasteiger partial charge in [-0.3, -0.25) is 9.59 Å². The van der Waals surface area contributed by atoms with Gasteiger partial charge in [0.25, 0.3) is 0 Å². The predicted octanol–water partition coefficient (Wildman–Crippen LogP) is 3.58. The molecule has 0 spiro atoms. The number of carboxylic acids is 1. The third kappa shape index (κ3) is 4.01. The summed E-state index contributed by atoms with van der Waals surface area (Å²) in [6, 6.07) is 0. The van der Waals surface area contributed by atoms with E-state index in [0.29, 0.717) is 29.9 Å². The van der Waals surface area contributed by atoms with E-state index >= 15 is 0 Å². The molecule has 0 unspecified atom stereocenters. The molecule has 1 fully saturated rings. The maximum absolute atomic E-state index is 12.6. The van der Waals surface area contributed by atoms with Crippen molar-refractivity contribution in [2.75, 3.05) is 7.11 Å². The quantitative estimate of drug-likeness (QED) is 0.559. The van der Waals surface area contributed by atoms with Crippen LogP contribution >= 0.6 is 0 Å². The van der Waals surface area contributed by atoms with E-state index in [4.69, 9.17) is 18.9 Å². The zero-order valence-corrected chi connectivity index (χ0v) is 22.0. The lowest BCUT2D eigenvalue weighted by Crippen LogP contribution is -2.66. The van der Waals surface area contributed by atoms with E-state index in [1.807, 2.05) is 20.8 Å². The average molecular weight is 505 g/mol. The van der Waals surface area contributed by atoms with Gasteiger partial charge in [-0.05, 0) is 51.5 Å². The average Bonchev–Trinajstić information content (AvgIpc) is 3.12. The van der Waals surface area contributed by atoms with Gasteiger partial charge in [0.05, 0.1) is 12.7 Å². The van der Waals surface area contributed by atoms with E-state index in [1.54, 1.807) is 13.8 Å². The summed E-state index contributed by atoms with van der Waals surface area (Å²) in [5, 5.41) is 20.9. The van der Waals surface area contributed by atoms with E-state index in [1.165, 1.54) is 14.0 Å². The number of cyclic esters (lactones) is 1.